The van der Waals surface area contributed by atoms with Gasteiger partial charge in [-0.1, -0.05) is 0 Å². The number of rotatable bonds is 3. The summed E-state index contributed by atoms with van der Waals surface area (Å²) in [6.07, 6.45) is 8.03. The Labute approximate surface area is 107 Å². The van der Waals surface area contributed by atoms with E-state index in [1.54, 1.807) is 0 Å². The molecule has 0 unspecified atom stereocenters. The molecule has 1 saturated heterocycles. The van der Waals surface area contributed by atoms with Gasteiger partial charge in [0.1, 0.15) is 5.52 Å². The molecule has 18 heavy (non-hydrogen) atoms. The van der Waals surface area contributed by atoms with E-state index in [9.17, 15) is 0 Å². The maximum atomic E-state index is 4.49. The molecule has 2 aromatic heterocycles. The minimum Gasteiger partial charge on any atom is -0.358 e. The second-order valence-corrected chi connectivity index (χ2v) is 4.99. The maximum absolute atomic E-state index is 4.49. The molecule has 0 saturated carbocycles. The van der Waals surface area contributed by atoms with Gasteiger partial charge < -0.3 is 10.2 Å². The SMILES string of the molecule is CN(CC1CCNCC1)c1nccn2nccc12. The first-order valence-electron chi connectivity index (χ1n) is 6.55. The van der Waals surface area contributed by atoms with Crippen molar-refractivity contribution in [1.82, 2.24) is 19.9 Å². The Bertz CT molecular complexity index is 515. The number of nitrogens with zero attached hydrogens (tertiary/aromatic N) is 4. The van der Waals surface area contributed by atoms with E-state index in [0.29, 0.717) is 0 Å². The monoisotopic (exact) mass is 245 g/mol. The third kappa shape index (κ3) is 2.18. The molecule has 0 atom stereocenters. The van der Waals surface area contributed by atoms with Crippen molar-refractivity contribution < 1.29 is 0 Å². The van der Waals surface area contributed by atoms with Gasteiger partial charge in [0.15, 0.2) is 5.82 Å². The van der Waals surface area contributed by atoms with Crippen LogP contribution in [0.3, 0.4) is 0 Å². The van der Waals surface area contributed by atoms with Crippen LogP contribution in [0.5, 0.6) is 0 Å². The fourth-order valence-electron chi connectivity index (χ4n) is 2.68. The summed E-state index contributed by atoms with van der Waals surface area (Å²) >= 11 is 0. The molecule has 0 bridgehead atoms. The van der Waals surface area contributed by atoms with Crippen LogP contribution in [0.1, 0.15) is 12.8 Å². The zero-order valence-corrected chi connectivity index (χ0v) is 10.7. The van der Waals surface area contributed by atoms with E-state index in [0.717, 1.165) is 36.9 Å². The van der Waals surface area contributed by atoms with Crippen LogP contribution in [0.4, 0.5) is 5.82 Å². The Hall–Kier alpha value is -1.62. The second kappa shape index (κ2) is 4.94. The molecule has 3 rings (SSSR count). The van der Waals surface area contributed by atoms with Crippen LogP contribution in [0.2, 0.25) is 0 Å². The van der Waals surface area contributed by atoms with E-state index in [1.807, 2.05) is 29.2 Å². The molecule has 3 heterocycles. The summed E-state index contributed by atoms with van der Waals surface area (Å²) in [5.74, 6) is 1.79. The van der Waals surface area contributed by atoms with Gasteiger partial charge >= 0.3 is 0 Å². The van der Waals surface area contributed by atoms with Gasteiger partial charge in [-0.05, 0) is 37.9 Å². The molecular formula is C13H19N5. The van der Waals surface area contributed by atoms with E-state index in [-0.39, 0.29) is 0 Å². The highest BCUT2D eigenvalue weighted by Gasteiger charge is 2.17. The average Bonchev–Trinajstić information content (AvgIpc) is 2.87. The number of aromatic nitrogens is 3. The summed E-state index contributed by atoms with van der Waals surface area (Å²) in [6, 6.07) is 2.02. The summed E-state index contributed by atoms with van der Waals surface area (Å²) in [5.41, 5.74) is 1.08. The Morgan fingerprint density at radius 1 is 1.39 bits per heavy atom. The highest BCUT2D eigenvalue weighted by Crippen LogP contribution is 2.20. The largest absolute Gasteiger partial charge is 0.358 e. The van der Waals surface area contributed by atoms with Gasteiger partial charge in [-0.15, -0.1) is 0 Å². The normalized spacial score (nSPS) is 17.2. The first kappa shape index (κ1) is 11.5. The van der Waals surface area contributed by atoms with Crippen molar-refractivity contribution in [3.8, 4) is 0 Å². The van der Waals surface area contributed by atoms with Gasteiger partial charge in [-0.2, -0.15) is 5.10 Å². The van der Waals surface area contributed by atoms with Gasteiger partial charge in [-0.25, -0.2) is 9.50 Å². The topological polar surface area (TPSA) is 45.5 Å². The van der Waals surface area contributed by atoms with Crippen LogP contribution >= 0.6 is 0 Å². The summed E-state index contributed by atoms with van der Waals surface area (Å²) < 4.78 is 1.88. The molecule has 0 aromatic carbocycles. The highest BCUT2D eigenvalue weighted by atomic mass is 15.3. The summed E-state index contributed by atoms with van der Waals surface area (Å²) in [4.78, 5) is 6.75. The summed E-state index contributed by atoms with van der Waals surface area (Å²) in [5, 5.41) is 7.65. The standard InChI is InChI=1S/C13H19N5/c1-17(10-11-2-5-14-6-3-11)13-12-4-7-16-18(12)9-8-15-13/h4,7-9,11,14H,2-3,5-6,10H2,1H3. The lowest BCUT2D eigenvalue weighted by atomic mass is 9.98. The van der Waals surface area contributed by atoms with E-state index < -0.39 is 0 Å². The number of piperidine rings is 1. The van der Waals surface area contributed by atoms with Crippen LogP contribution < -0.4 is 10.2 Å². The Balaban J connectivity index is 1.78. The predicted molar refractivity (Wildman–Crippen MR) is 71.9 cm³/mol. The van der Waals surface area contributed by atoms with Crippen molar-refractivity contribution in [3.05, 3.63) is 24.7 Å². The first-order chi connectivity index (χ1) is 8.84. The molecule has 1 N–H and O–H groups in total. The van der Waals surface area contributed by atoms with Crippen molar-refractivity contribution >= 4 is 11.3 Å². The van der Waals surface area contributed by atoms with Crippen LogP contribution in [0.15, 0.2) is 24.7 Å². The molecule has 0 spiro atoms. The zero-order chi connectivity index (χ0) is 12.4. The van der Waals surface area contributed by atoms with E-state index >= 15 is 0 Å². The van der Waals surface area contributed by atoms with Crippen molar-refractivity contribution in [2.45, 2.75) is 12.8 Å². The lowest BCUT2D eigenvalue weighted by Crippen LogP contribution is -2.35. The van der Waals surface area contributed by atoms with Crippen LogP contribution in [0.25, 0.3) is 5.52 Å². The molecule has 1 fully saturated rings. The van der Waals surface area contributed by atoms with Gasteiger partial charge in [0, 0.05) is 26.0 Å². The van der Waals surface area contributed by atoms with Crippen LogP contribution in [-0.4, -0.2) is 41.3 Å². The van der Waals surface area contributed by atoms with Crippen molar-refractivity contribution in [1.29, 1.82) is 0 Å². The number of nitrogens with one attached hydrogen (secondary N) is 1. The Morgan fingerprint density at radius 3 is 3.06 bits per heavy atom. The van der Waals surface area contributed by atoms with Gasteiger partial charge in [0.2, 0.25) is 0 Å². The van der Waals surface area contributed by atoms with Gasteiger partial charge in [0.25, 0.3) is 0 Å². The fourth-order valence-corrected chi connectivity index (χ4v) is 2.68. The highest BCUT2D eigenvalue weighted by molar-refractivity contribution is 5.67. The molecule has 96 valence electrons. The fraction of sp³-hybridized carbons (Fsp3) is 0.538. The quantitative estimate of drug-likeness (QED) is 0.881. The summed E-state index contributed by atoms with van der Waals surface area (Å²) in [6.45, 7) is 3.35. The lowest BCUT2D eigenvalue weighted by molar-refractivity contribution is 0.377. The molecule has 1 aliphatic heterocycles. The molecule has 2 aromatic rings. The molecular weight excluding hydrogens is 226 g/mol. The smallest absolute Gasteiger partial charge is 0.154 e. The number of anilines is 1. The Kier molecular flexibility index (Phi) is 3.15. The lowest BCUT2D eigenvalue weighted by Gasteiger charge is -2.28. The molecule has 0 amide bonds. The Morgan fingerprint density at radius 2 is 2.22 bits per heavy atom. The van der Waals surface area contributed by atoms with Crippen molar-refractivity contribution in [3.63, 3.8) is 0 Å². The molecule has 0 aliphatic carbocycles. The summed E-state index contributed by atoms with van der Waals surface area (Å²) in [7, 11) is 2.12. The first-order valence-corrected chi connectivity index (χ1v) is 6.55. The van der Waals surface area contributed by atoms with Crippen molar-refractivity contribution in [2.75, 3.05) is 31.6 Å². The molecule has 1 aliphatic rings. The van der Waals surface area contributed by atoms with Gasteiger partial charge in [-0.3, -0.25) is 0 Å². The maximum Gasteiger partial charge on any atom is 0.154 e. The molecule has 5 heteroatoms. The molecule has 5 nitrogen and oxygen atoms in total. The van der Waals surface area contributed by atoms with E-state index in [4.69, 9.17) is 0 Å². The predicted octanol–water partition coefficient (Wildman–Crippen LogP) is 1.17. The van der Waals surface area contributed by atoms with Crippen LogP contribution in [-0.2, 0) is 0 Å². The average molecular weight is 245 g/mol. The number of hydrogen-bond donors (Lipinski definition) is 1. The van der Waals surface area contributed by atoms with E-state index in [1.165, 1.54) is 12.8 Å². The van der Waals surface area contributed by atoms with Crippen LogP contribution in [0, 0.1) is 5.92 Å². The third-order valence-electron chi connectivity index (χ3n) is 3.66. The minimum absolute atomic E-state index is 0.765. The van der Waals surface area contributed by atoms with Gasteiger partial charge in [0.05, 0.1) is 6.20 Å². The molecule has 0 radical (unpaired) electrons. The second-order valence-electron chi connectivity index (χ2n) is 4.99. The van der Waals surface area contributed by atoms with E-state index in [2.05, 4.69) is 27.3 Å². The van der Waals surface area contributed by atoms with Crippen molar-refractivity contribution in [2.24, 2.45) is 5.92 Å². The number of fused-ring (bicyclic) bond motifs is 1. The zero-order valence-electron chi connectivity index (χ0n) is 10.7. The third-order valence-corrected chi connectivity index (χ3v) is 3.66. The number of hydrogen-bond acceptors (Lipinski definition) is 4. The minimum atomic E-state index is 0.765.